The molecule has 0 aliphatic carbocycles. The summed E-state index contributed by atoms with van der Waals surface area (Å²) in [6.07, 6.45) is -2.90. The number of ketones is 1. The van der Waals surface area contributed by atoms with E-state index in [4.69, 9.17) is 4.74 Å². The molecule has 1 rings (SSSR count). The number of hydrogen-bond acceptors (Lipinski definition) is 6. The average molecular weight is 301 g/mol. The van der Waals surface area contributed by atoms with E-state index in [2.05, 4.69) is 5.32 Å². The second-order valence-electron chi connectivity index (χ2n) is 5.38. The summed E-state index contributed by atoms with van der Waals surface area (Å²) in [6, 6.07) is -0.867. The second kappa shape index (κ2) is 7.53. The number of amides is 1. The van der Waals surface area contributed by atoms with E-state index in [1.165, 1.54) is 19.9 Å². The topological polar surface area (TPSA) is 116 Å². The van der Waals surface area contributed by atoms with Crippen molar-refractivity contribution in [1.29, 1.82) is 0 Å². The molecule has 0 radical (unpaired) electrons. The highest BCUT2D eigenvalue weighted by atomic mass is 16.5. The van der Waals surface area contributed by atoms with E-state index in [-0.39, 0.29) is 24.5 Å². The van der Waals surface area contributed by atoms with Gasteiger partial charge in [0, 0.05) is 13.3 Å². The monoisotopic (exact) mass is 301 g/mol. The van der Waals surface area contributed by atoms with Gasteiger partial charge in [-0.15, -0.1) is 0 Å². The summed E-state index contributed by atoms with van der Waals surface area (Å²) >= 11 is 0. The lowest BCUT2D eigenvalue weighted by molar-refractivity contribution is -0.130. The van der Waals surface area contributed by atoms with Crippen molar-refractivity contribution in [2.75, 3.05) is 0 Å². The minimum atomic E-state index is -1.33. The van der Waals surface area contributed by atoms with Crippen molar-refractivity contribution in [2.24, 2.45) is 0 Å². The maximum Gasteiger partial charge on any atom is 0.217 e. The molecule has 1 amide bonds. The minimum absolute atomic E-state index is 0.0853. The van der Waals surface area contributed by atoms with Gasteiger partial charge in [0.1, 0.15) is 18.0 Å². The maximum atomic E-state index is 11.2. The zero-order valence-corrected chi connectivity index (χ0v) is 12.4. The summed E-state index contributed by atoms with van der Waals surface area (Å²) in [5.41, 5.74) is 0. The number of aliphatic hydroxyl groups is 3. The van der Waals surface area contributed by atoms with E-state index in [0.717, 1.165) is 0 Å². The third kappa shape index (κ3) is 5.11. The van der Waals surface area contributed by atoms with Crippen molar-refractivity contribution in [3.63, 3.8) is 0 Å². The van der Waals surface area contributed by atoms with Crippen molar-refractivity contribution in [2.45, 2.75) is 64.1 Å². The molecule has 0 saturated carbocycles. The van der Waals surface area contributed by atoms with Crippen molar-refractivity contribution in [1.82, 2.24) is 5.32 Å². The van der Waals surface area contributed by atoms with E-state index < -0.39 is 30.5 Å². The van der Waals surface area contributed by atoms with Crippen LogP contribution < -0.4 is 5.32 Å². The van der Waals surface area contributed by atoms with Gasteiger partial charge in [-0.25, -0.2) is 0 Å². The number of aliphatic hydroxyl groups excluding tert-OH is 3. The number of allylic oxidation sites excluding steroid dienone is 1. The van der Waals surface area contributed by atoms with Gasteiger partial charge in [0.2, 0.25) is 5.91 Å². The molecule has 7 nitrogen and oxygen atoms in total. The number of carbonyl (C=O) groups is 2. The molecular formula is C14H23NO6. The van der Waals surface area contributed by atoms with Crippen LogP contribution in [0.4, 0.5) is 0 Å². The number of nitrogens with one attached hydrogen (secondary N) is 1. The Morgan fingerprint density at radius 1 is 1.38 bits per heavy atom. The molecule has 0 spiro atoms. The number of ether oxygens (including phenoxy) is 1. The Morgan fingerprint density at radius 3 is 2.52 bits per heavy atom. The van der Waals surface area contributed by atoms with E-state index in [9.17, 15) is 24.9 Å². The van der Waals surface area contributed by atoms with Crippen LogP contribution >= 0.6 is 0 Å². The lowest BCUT2D eigenvalue weighted by Crippen LogP contribution is -2.59. The zero-order valence-electron chi connectivity index (χ0n) is 12.4. The average Bonchev–Trinajstić information content (AvgIpc) is 2.37. The molecule has 0 aromatic rings. The molecule has 7 heteroatoms. The van der Waals surface area contributed by atoms with Crippen LogP contribution in [0, 0.1) is 0 Å². The van der Waals surface area contributed by atoms with Gasteiger partial charge in [0.15, 0.2) is 0 Å². The summed E-state index contributed by atoms with van der Waals surface area (Å²) in [5, 5.41) is 32.6. The molecule has 1 aliphatic heterocycles. The molecule has 4 N–H and O–H groups in total. The van der Waals surface area contributed by atoms with Gasteiger partial charge in [-0.05, 0) is 26.3 Å². The van der Waals surface area contributed by atoms with Crippen molar-refractivity contribution in [3.8, 4) is 0 Å². The van der Waals surface area contributed by atoms with Crippen LogP contribution in [-0.4, -0.2) is 57.5 Å². The first-order valence-corrected chi connectivity index (χ1v) is 6.88. The van der Waals surface area contributed by atoms with E-state index in [0.29, 0.717) is 5.76 Å². The predicted octanol–water partition coefficient (Wildman–Crippen LogP) is -0.754. The zero-order chi connectivity index (χ0) is 16.2. The van der Waals surface area contributed by atoms with Crippen LogP contribution in [0.25, 0.3) is 0 Å². The molecule has 1 heterocycles. The molecule has 0 aromatic heterocycles. The third-order valence-corrected chi connectivity index (χ3v) is 3.34. The summed E-state index contributed by atoms with van der Waals surface area (Å²) in [5.74, 6) is -0.0849. The number of carbonyl (C=O) groups excluding carboxylic acids is 2. The fourth-order valence-electron chi connectivity index (χ4n) is 2.29. The highest BCUT2D eigenvalue weighted by Gasteiger charge is 2.40. The quantitative estimate of drug-likeness (QED) is 0.513. The summed E-state index contributed by atoms with van der Waals surface area (Å²) in [7, 11) is 0. The van der Waals surface area contributed by atoms with Gasteiger partial charge >= 0.3 is 0 Å². The highest BCUT2D eigenvalue weighted by Crippen LogP contribution is 2.23. The fraction of sp³-hybridized carbons (Fsp3) is 0.714. The van der Waals surface area contributed by atoms with E-state index >= 15 is 0 Å². The third-order valence-electron chi connectivity index (χ3n) is 3.34. The molecule has 5 atom stereocenters. The molecule has 21 heavy (non-hydrogen) atoms. The molecule has 0 aromatic carbocycles. The van der Waals surface area contributed by atoms with Crippen molar-refractivity contribution < 1.29 is 29.6 Å². The first-order valence-electron chi connectivity index (χ1n) is 6.88. The number of hydrogen-bond donors (Lipinski definition) is 4. The Morgan fingerprint density at radius 2 is 2.00 bits per heavy atom. The fourth-order valence-corrected chi connectivity index (χ4v) is 2.29. The lowest BCUT2D eigenvalue weighted by atomic mass is 9.92. The first kappa shape index (κ1) is 17.6. The highest BCUT2D eigenvalue weighted by molar-refractivity contribution is 5.75. The van der Waals surface area contributed by atoms with Crippen LogP contribution in [0.5, 0.6) is 0 Å². The Labute approximate surface area is 123 Å². The Hall–Kier alpha value is -1.44. The summed E-state index contributed by atoms with van der Waals surface area (Å²) in [4.78, 5) is 22.1. The Kier molecular flexibility index (Phi) is 6.32. The lowest BCUT2D eigenvalue weighted by Gasteiger charge is -2.38. The molecule has 0 saturated heterocycles. The smallest absolute Gasteiger partial charge is 0.217 e. The van der Waals surface area contributed by atoms with Gasteiger partial charge in [0.05, 0.1) is 24.0 Å². The van der Waals surface area contributed by atoms with E-state index in [1.807, 2.05) is 0 Å². The van der Waals surface area contributed by atoms with Crippen LogP contribution in [-0.2, 0) is 14.3 Å². The van der Waals surface area contributed by atoms with Gasteiger partial charge in [-0.2, -0.15) is 0 Å². The number of Topliss-reactive ketones (excluding diaryl/α,β-unsaturated/α-hetero) is 1. The SMILES string of the molecule is CC(=O)CC[C@@H](O)[C@@H](O)C1OC(C)=C[C@@H](O)[C@H]1NC(C)=O. The molecule has 0 fully saturated rings. The molecule has 1 aliphatic rings. The van der Waals surface area contributed by atoms with Gasteiger partial charge < -0.3 is 30.2 Å². The van der Waals surface area contributed by atoms with Crippen molar-refractivity contribution >= 4 is 11.7 Å². The molecular weight excluding hydrogens is 278 g/mol. The first-order chi connectivity index (χ1) is 9.72. The molecule has 120 valence electrons. The van der Waals surface area contributed by atoms with Gasteiger partial charge in [-0.1, -0.05) is 0 Å². The Balaban J connectivity index is 2.81. The normalized spacial score (nSPS) is 28.1. The van der Waals surface area contributed by atoms with Gasteiger partial charge in [-0.3, -0.25) is 4.79 Å². The van der Waals surface area contributed by atoms with E-state index in [1.54, 1.807) is 6.92 Å². The largest absolute Gasteiger partial charge is 0.490 e. The summed E-state index contributed by atoms with van der Waals surface area (Å²) in [6.45, 7) is 4.29. The standard InChI is InChI=1S/C14H23NO6/c1-7(16)4-5-10(18)13(20)14-12(15-9(3)17)11(19)6-8(2)21-14/h6,10-14,18-20H,4-5H2,1-3H3,(H,15,17)/t10-,11-,12-,13-,14?/m1/s1. The Bertz CT molecular complexity index is 422. The minimum Gasteiger partial charge on any atom is -0.490 e. The molecule has 1 unspecified atom stereocenters. The second-order valence-corrected chi connectivity index (χ2v) is 5.38. The van der Waals surface area contributed by atoms with Crippen molar-refractivity contribution in [3.05, 3.63) is 11.8 Å². The van der Waals surface area contributed by atoms with Crippen LogP contribution in [0.1, 0.15) is 33.6 Å². The van der Waals surface area contributed by atoms with Crippen LogP contribution in [0.2, 0.25) is 0 Å². The summed E-state index contributed by atoms with van der Waals surface area (Å²) < 4.78 is 5.45. The predicted molar refractivity (Wildman–Crippen MR) is 74.2 cm³/mol. The molecule has 0 bridgehead atoms. The number of rotatable bonds is 6. The maximum absolute atomic E-state index is 11.2. The van der Waals surface area contributed by atoms with Gasteiger partial charge in [0.25, 0.3) is 0 Å². The van der Waals surface area contributed by atoms with Crippen LogP contribution in [0.3, 0.4) is 0 Å². The van der Waals surface area contributed by atoms with Crippen LogP contribution in [0.15, 0.2) is 11.8 Å².